The molecule has 4 unspecified atom stereocenters. The molecular formula is C12H16F3NO3. The SMILES string of the molecule is COC(=O)C1CC(=O)C2CCCC(C(F)(F)F)C2N1. The van der Waals surface area contributed by atoms with Gasteiger partial charge in [0, 0.05) is 18.4 Å². The number of ether oxygens (including phenoxy) is 1. The molecule has 1 aliphatic heterocycles. The van der Waals surface area contributed by atoms with Gasteiger partial charge in [-0.15, -0.1) is 0 Å². The highest BCUT2D eigenvalue weighted by atomic mass is 19.4. The molecule has 19 heavy (non-hydrogen) atoms. The molecule has 108 valence electrons. The molecular weight excluding hydrogens is 263 g/mol. The van der Waals surface area contributed by atoms with Gasteiger partial charge in [0.2, 0.25) is 0 Å². The molecule has 1 heterocycles. The third kappa shape index (κ3) is 2.75. The first-order chi connectivity index (χ1) is 8.84. The zero-order chi connectivity index (χ0) is 14.2. The minimum Gasteiger partial charge on any atom is -0.468 e. The lowest BCUT2D eigenvalue weighted by atomic mass is 9.71. The van der Waals surface area contributed by atoms with Crippen molar-refractivity contribution in [2.75, 3.05) is 7.11 Å². The van der Waals surface area contributed by atoms with E-state index in [0.717, 1.165) is 7.11 Å². The highest BCUT2D eigenvalue weighted by molar-refractivity contribution is 5.90. The fraction of sp³-hybridized carbons (Fsp3) is 0.833. The molecule has 1 saturated carbocycles. The standard InChI is InChI=1S/C12H16F3NO3/c1-19-11(18)8-5-9(17)6-3-2-4-7(10(6)16-8)12(13,14)15/h6-8,10,16H,2-5H2,1H3. The number of carbonyl (C=O) groups is 2. The van der Waals surface area contributed by atoms with Gasteiger partial charge in [-0.3, -0.25) is 14.9 Å². The fourth-order valence-electron chi connectivity index (χ4n) is 3.10. The molecule has 1 aliphatic carbocycles. The summed E-state index contributed by atoms with van der Waals surface area (Å²) in [6.45, 7) is 0. The van der Waals surface area contributed by atoms with Crippen molar-refractivity contribution in [1.82, 2.24) is 5.32 Å². The Kier molecular flexibility index (Phi) is 3.85. The van der Waals surface area contributed by atoms with Crippen molar-refractivity contribution < 1.29 is 27.5 Å². The van der Waals surface area contributed by atoms with Gasteiger partial charge in [0.05, 0.1) is 13.0 Å². The van der Waals surface area contributed by atoms with Gasteiger partial charge < -0.3 is 4.74 Å². The van der Waals surface area contributed by atoms with Crippen LogP contribution in [0.15, 0.2) is 0 Å². The highest BCUT2D eigenvalue weighted by Gasteiger charge is 2.53. The van der Waals surface area contributed by atoms with Crippen LogP contribution in [0.5, 0.6) is 0 Å². The summed E-state index contributed by atoms with van der Waals surface area (Å²) in [5.41, 5.74) is 0. The molecule has 0 spiro atoms. The lowest BCUT2D eigenvalue weighted by Gasteiger charge is -2.43. The van der Waals surface area contributed by atoms with E-state index in [9.17, 15) is 22.8 Å². The van der Waals surface area contributed by atoms with Gasteiger partial charge in [-0.05, 0) is 12.8 Å². The number of nitrogens with one attached hydrogen (secondary N) is 1. The highest BCUT2D eigenvalue weighted by Crippen LogP contribution is 2.42. The first-order valence-corrected chi connectivity index (χ1v) is 6.28. The van der Waals surface area contributed by atoms with Gasteiger partial charge in [0.1, 0.15) is 11.8 Å². The van der Waals surface area contributed by atoms with Crippen molar-refractivity contribution in [3.63, 3.8) is 0 Å². The number of fused-ring (bicyclic) bond motifs is 1. The second-order valence-electron chi connectivity index (χ2n) is 5.12. The van der Waals surface area contributed by atoms with E-state index < -0.39 is 36.1 Å². The van der Waals surface area contributed by atoms with E-state index >= 15 is 0 Å². The summed E-state index contributed by atoms with van der Waals surface area (Å²) in [5.74, 6) is -3.16. The molecule has 4 atom stereocenters. The number of esters is 1. The van der Waals surface area contributed by atoms with E-state index in [-0.39, 0.29) is 18.6 Å². The zero-order valence-electron chi connectivity index (χ0n) is 10.5. The number of methoxy groups -OCH3 is 1. The number of piperidine rings is 1. The van der Waals surface area contributed by atoms with E-state index in [2.05, 4.69) is 10.1 Å². The number of rotatable bonds is 1. The minimum atomic E-state index is -4.35. The smallest absolute Gasteiger partial charge is 0.393 e. The molecule has 0 bridgehead atoms. The molecule has 0 aromatic carbocycles. The number of ketones is 1. The van der Waals surface area contributed by atoms with Crippen molar-refractivity contribution >= 4 is 11.8 Å². The Labute approximate surface area is 108 Å². The molecule has 1 N–H and O–H groups in total. The van der Waals surface area contributed by atoms with Crippen molar-refractivity contribution in [2.45, 2.75) is 43.9 Å². The van der Waals surface area contributed by atoms with E-state index in [1.165, 1.54) is 0 Å². The number of halogens is 3. The fourth-order valence-corrected chi connectivity index (χ4v) is 3.10. The molecule has 7 heteroatoms. The summed E-state index contributed by atoms with van der Waals surface area (Å²) in [6.07, 6.45) is -3.59. The average Bonchev–Trinajstić information content (AvgIpc) is 2.35. The third-order valence-electron chi connectivity index (χ3n) is 4.02. The maximum atomic E-state index is 13.0. The topological polar surface area (TPSA) is 55.4 Å². The predicted molar refractivity (Wildman–Crippen MR) is 59.2 cm³/mol. The van der Waals surface area contributed by atoms with Crippen LogP contribution in [0, 0.1) is 11.8 Å². The summed E-state index contributed by atoms with van der Waals surface area (Å²) in [4.78, 5) is 23.3. The first kappa shape index (κ1) is 14.3. The summed E-state index contributed by atoms with van der Waals surface area (Å²) in [6, 6.07) is -1.96. The summed E-state index contributed by atoms with van der Waals surface area (Å²) >= 11 is 0. The van der Waals surface area contributed by atoms with Crippen LogP contribution in [-0.4, -0.2) is 37.1 Å². The Morgan fingerprint density at radius 2 is 2.05 bits per heavy atom. The zero-order valence-corrected chi connectivity index (χ0v) is 10.5. The normalized spacial score (nSPS) is 35.7. The van der Waals surface area contributed by atoms with Crippen molar-refractivity contribution in [2.24, 2.45) is 11.8 Å². The lowest BCUT2D eigenvalue weighted by Crippen LogP contribution is -2.61. The maximum Gasteiger partial charge on any atom is 0.393 e. The monoisotopic (exact) mass is 279 g/mol. The predicted octanol–water partition coefficient (Wildman–Crippen LogP) is 1.44. The minimum absolute atomic E-state index is 0.00115. The quantitative estimate of drug-likeness (QED) is 0.738. The number of hydrogen-bond donors (Lipinski definition) is 1. The number of Topliss-reactive ketones (excluding diaryl/α,β-unsaturated/α-hetero) is 1. The van der Waals surface area contributed by atoms with Gasteiger partial charge in [-0.2, -0.15) is 13.2 Å². The summed E-state index contributed by atoms with van der Waals surface area (Å²) in [5, 5.41) is 2.68. The molecule has 0 radical (unpaired) electrons. The van der Waals surface area contributed by atoms with Crippen LogP contribution in [0.3, 0.4) is 0 Å². The van der Waals surface area contributed by atoms with Crippen LogP contribution in [0.1, 0.15) is 25.7 Å². The molecule has 2 fully saturated rings. The van der Waals surface area contributed by atoms with E-state index in [1.54, 1.807) is 0 Å². The Bertz CT molecular complexity index is 383. The van der Waals surface area contributed by atoms with Gasteiger partial charge >= 0.3 is 12.1 Å². The van der Waals surface area contributed by atoms with Gasteiger partial charge in [-0.1, -0.05) is 6.42 Å². The van der Waals surface area contributed by atoms with Crippen molar-refractivity contribution in [3.05, 3.63) is 0 Å². The van der Waals surface area contributed by atoms with E-state index in [0.29, 0.717) is 12.8 Å². The molecule has 0 amide bonds. The maximum absolute atomic E-state index is 13.0. The van der Waals surface area contributed by atoms with Gasteiger partial charge in [0.25, 0.3) is 0 Å². The third-order valence-corrected chi connectivity index (χ3v) is 4.02. The van der Waals surface area contributed by atoms with Gasteiger partial charge in [0.15, 0.2) is 0 Å². The Balaban J connectivity index is 2.21. The Hall–Kier alpha value is -1.11. The van der Waals surface area contributed by atoms with Crippen LogP contribution < -0.4 is 5.32 Å². The van der Waals surface area contributed by atoms with Crippen LogP contribution in [0.25, 0.3) is 0 Å². The van der Waals surface area contributed by atoms with E-state index in [4.69, 9.17) is 0 Å². The van der Waals surface area contributed by atoms with Crippen LogP contribution in [-0.2, 0) is 14.3 Å². The molecule has 2 aliphatic rings. The molecule has 1 saturated heterocycles. The second-order valence-corrected chi connectivity index (χ2v) is 5.12. The van der Waals surface area contributed by atoms with Gasteiger partial charge in [-0.25, -0.2) is 0 Å². The summed E-state index contributed by atoms with van der Waals surface area (Å²) in [7, 11) is 1.16. The average molecular weight is 279 g/mol. The molecule has 4 nitrogen and oxygen atoms in total. The number of carbonyl (C=O) groups excluding carboxylic acids is 2. The number of alkyl halides is 3. The Morgan fingerprint density at radius 1 is 1.37 bits per heavy atom. The van der Waals surface area contributed by atoms with Crippen molar-refractivity contribution in [1.29, 1.82) is 0 Å². The lowest BCUT2D eigenvalue weighted by molar-refractivity contribution is -0.198. The number of hydrogen-bond acceptors (Lipinski definition) is 4. The first-order valence-electron chi connectivity index (χ1n) is 6.28. The van der Waals surface area contributed by atoms with Crippen LogP contribution in [0.4, 0.5) is 13.2 Å². The largest absolute Gasteiger partial charge is 0.468 e. The van der Waals surface area contributed by atoms with Crippen LogP contribution in [0.2, 0.25) is 0 Å². The molecule has 2 rings (SSSR count). The summed E-state index contributed by atoms with van der Waals surface area (Å²) < 4.78 is 43.4. The van der Waals surface area contributed by atoms with Crippen molar-refractivity contribution in [3.8, 4) is 0 Å². The molecule has 0 aromatic heterocycles. The Morgan fingerprint density at radius 3 is 2.63 bits per heavy atom. The van der Waals surface area contributed by atoms with E-state index in [1.807, 2.05) is 0 Å². The second kappa shape index (κ2) is 5.11. The molecule has 0 aromatic rings. The van der Waals surface area contributed by atoms with Crippen LogP contribution >= 0.6 is 0 Å².